The van der Waals surface area contributed by atoms with Crippen LogP contribution in [0, 0.1) is 12.8 Å². The smallest absolute Gasteiger partial charge is 0.269 e. The van der Waals surface area contributed by atoms with Gasteiger partial charge in [-0.25, -0.2) is 22.4 Å². The molecular weight excluding hydrogens is 452 g/mol. The van der Waals surface area contributed by atoms with E-state index >= 15 is 0 Å². The van der Waals surface area contributed by atoms with Crippen molar-refractivity contribution in [2.75, 3.05) is 17.7 Å². The summed E-state index contributed by atoms with van der Waals surface area (Å²) in [5.41, 5.74) is 1.28. The molecule has 1 aromatic carbocycles. The van der Waals surface area contributed by atoms with Gasteiger partial charge in [-0.05, 0) is 56.7 Å². The van der Waals surface area contributed by atoms with Gasteiger partial charge in [-0.3, -0.25) is 4.55 Å². The van der Waals surface area contributed by atoms with Gasteiger partial charge in [0.25, 0.3) is 20.1 Å². The molecule has 0 bridgehead atoms. The molecule has 2 heterocycles. The highest BCUT2D eigenvalue weighted by Crippen LogP contribution is 2.33. The maximum Gasteiger partial charge on any atom is 0.269 e. The zero-order valence-corrected chi connectivity index (χ0v) is 19.6. The Balaban J connectivity index is 1.60. The third-order valence-corrected chi connectivity index (χ3v) is 8.72. The van der Waals surface area contributed by atoms with Gasteiger partial charge in [0.2, 0.25) is 0 Å². The summed E-state index contributed by atoms with van der Waals surface area (Å²) in [4.78, 5) is 10.9. The molecule has 0 unspecified atom stereocenters. The van der Waals surface area contributed by atoms with E-state index in [0.29, 0.717) is 29.7 Å². The highest BCUT2D eigenvalue weighted by molar-refractivity contribution is 7.90. The Kier molecular flexibility index (Phi) is 5.99. The van der Waals surface area contributed by atoms with Crippen LogP contribution >= 0.6 is 0 Å². The Bertz CT molecular complexity index is 1330. The molecule has 11 heteroatoms. The number of hydrogen-bond donors (Lipinski definition) is 1. The number of nitrogens with zero attached hydrogens (tertiary/aromatic N) is 4. The molecule has 0 spiro atoms. The van der Waals surface area contributed by atoms with Crippen LogP contribution in [-0.2, 0) is 20.1 Å². The van der Waals surface area contributed by atoms with Crippen LogP contribution in [0.2, 0.25) is 0 Å². The second kappa shape index (κ2) is 8.45. The topological polar surface area (TPSA) is 122 Å². The molecule has 0 atom stereocenters. The zero-order valence-electron chi connectivity index (χ0n) is 17.9. The average molecular weight is 479 g/mol. The molecule has 0 saturated heterocycles. The zero-order chi connectivity index (χ0) is 23.1. The first kappa shape index (κ1) is 22.7. The number of rotatable bonds is 6. The molecule has 1 saturated carbocycles. The number of fused-ring (bicyclic) bond motifs is 1. The van der Waals surface area contributed by atoms with Crippen molar-refractivity contribution in [1.82, 2.24) is 13.9 Å². The van der Waals surface area contributed by atoms with Gasteiger partial charge in [0.05, 0.1) is 16.0 Å². The van der Waals surface area contributed by atoms with E-state index in [-0.39, 0.29) is 22.6 Å². The normalized spacial score (nSPS) is 19.8. The fraction of sp³-hybridized carbons (Fsp3) is 0.429. The third-order valence-electron chi connectivity index (χ3n) is 6.15. The number of aryl methyl sites for hydroxylation is 1. The van der Waals surface area contributed by atoms with Gasteiger partial charge in [0.1, 0.15) is 12.1 Å². The Morgan fingerprint density at radius 2 is 1.69 bits per heavy atom. The predicted octanol–water partition coefficient (Wildman–Crippen LogP) is 2.86. The summed E-state index contributed by atoms with van der Waals surface area (Å²) in [5, 5.41) is 0.630. The maximum atomic E-state index is 13.2. The molecule has 172 valence electrons. The van der Waals surface area contributed by atoms with Crippen LogP contribution < -0.4 is 4.90 Å². The van der Waals surface area contributed by atoms with Crippen molar-refractivity contribution in [2.45, 2.75) is 43.5 Å². The van der Waals surface area contributed by atoms with Gasteiger partial charge in [-0.2, -0.15) is 8.42 Å². The summed E-state index contributed by atoms with van der Waals surface area (Å²) in [5.74, 6) is 0.368. The largest absolute Gasteiger partial charge is 0.356 e. The van der Waals surface area contributed by atoms with Gasteiger partial charge >= 0.3 is 0 Å². The molecule has 4 rings (SSSR count). The van der Waals surface area contributed by atoms with Gasteiger partial charge in [0.15, 0.2) is 5.65 Å². The molecular formula is C21H26N4O5S2. The summed E-state index contributed by atoms with van der Waals surface area (Å²) in [6.45, 7) is 1.90. The van der Waals surface area contributed by atoms with Crippen molar-refractivity contribution in [3.05, 3.63) is 48.4 Å². The SMILES string of the molecule is Cc1ccc(S(=O)(=O)n2ccc3c(N(C)C4CCC(CS(=O)(=O)O)CC4)ncnc32)cc1. The van der Waals surface area contributed by atoms with Gasteiger partial charge in [0, 0.05) is 19.3 Å². The Hall–Kier alpha value is -2.50. The first-order valence-corrected chi connectivity index (χ1v) is 13.4. The van der Waals surface area contributed by atoms with E-state index in [1.807, 2.05) is 18.9 Å². The van der Waals surface area contributed by atoms with Crippen molar-refractivity contribution in [2.24, 2.45) is 5.92 Å². The Morgan fingerprint density at radius 1 is 1.03 bits per heavy atom. The molecule has 1 N–H and O–H groups in total. The van der Waals surface area contributed by atoms with Gasteiger partial charge in [-0.15, -0.1) is 0 Å². The number of benzene rings is 1. The van der Waals surface area contributed by atoms with E-state index in [4.69, 9.17) is 4.55 Å². The molecule has 0 radical (unpaired) electrons. The lowest BCUT2D eigenvalue weighted by atomic mass is 9.86. The van der Waals surface area contributed by atoms with Crippen LogP contribution in [-0.4, -0.2) is 54.2 Å². The summed E-state index contributed by atoms with van der Waals surface area (Å²) in [7, 11) is -5.87. The van der Waals surface area contributed by atoms with Gasteiger partial charge < -0.3 is 4.90 Å². The highest BCUT2D eigenvalue weighted by atomic mass is 32.2. The standard InChI is InChI=1S/C21H26N4O5S2/c1-15-3-9-18(10-4-15)32(29,30)25-12-11-19-20(22-14-23-21(19)25)24(2)17-7-5-16(6-8-17)13-31(26,27)28/h3-4,9-12,14,16-17H,5-8,13H2,1-2H3,(H,26,27,28). The summed E-state index contributed by atoms with van der Waals surface area (Å²) in [6.07, 6.45) is 5.74. The van der Waals surface area contributed by atoms with Crippen LogP contribution in [0.25, 0.3) is 11.0 Å². The molecule has 1 aliphatic carbocycles. The lowest BCUT2D eigenvalue weighted by Gasteiger charge is -2.35. The van der Waals surface area contributed by atoms with Crippen LogP contribution in [0.15, 0.2) is 47.8 Å². The number of anilines is 1. The molecule has 0 aliphatic heterocycles. The van der Waals surface area contributed by atoms with E-state index in [1.165, 1.54) is 16.5 Å². The van der Waals surface area contributed by atoms with E-state index in [9.17, 15) is 16.8 Å². The van der Waals surface area contributed by atoms with Crippen LogP contribution in [0.4, 0.5) is 5.82 Å². The fourth-order valence-electron chi connectivity index (χ4n) is 4.38. The second-order valence-electron chi connectivity index (χ2n) is 8.40. The summed E-state index contributed by atoms with van der Waals surface area (Å²) < 4.78 is 58.9. The van der Waals surface area contributed by atoms with Crippen molar-refractivity contribution in [3.8, 4) is 0 Å². The Morgan fingerprint density at radius 3 is 2.31 bits per heavy atom. The molecule has 0 amide bonds. The van der Waals surface area contributed by atoms with E-state index in [1.54, 1.807) is 30.3 Å². The third kappa shape index (κ3) is 4.50. The molecule has 9 nitrogen and oxygen atoms in total. The molecule has 2 aromatic heterocycles. The Labute approximate surface area is 187 Å². The number of hydrogen-bond acceptors (Lipinski definition) is 7. The molecule has 1 aliphatic rings. The first-order valence-electron chi connectivity index (χ1n) is 10.4. The van der Waals surface area contributed by atoms with Crippen molar-refractivity contribution in [1.29, 1.82) is 0 Å². The predicted molar refractivity (Wildman–Crippen MR) is 122 cm³/mol. The number of aromatic nitrogens is 3. The fourth-order valence-corrected chi connectivity index (χ4v) is 6.61. The maximum absolute atomic E-state index is 13.2. The average Bonchev–Trinajstić information content (AvgIpc) is 3.18. The minimum Gasteiger partial charge on any atom is -0.356 e. The van der Waals surface area contributed by atoms with E-state index < -0.39 is 20.1 Å². The molecule has 32 heavy (non-hydrogen) atoms. The quantitative estimate of drug-likeness (QED) is 0.537. The van der Waals surface area contributed by atoms with Crippen LogP contribution in [0.1, 0.15) is 31.2 Å². The minimum atomic E-state index is -3.97. The summed E-state index contributed by atoms with van der Waals surface area (Å²) >= 11 is 0. The van der Waals surface area contributed by atoms with Crippen LogP contribution in [0.5, 0.6) is 0 Å². The van der Waals surface area contributed by atoms with Crippen molar-refractivity contribution in [3.63, 3.8) is 0 Å². The van der Waals surface area contributed by atoms with E-state index in [2.05, 4.69) is 9.97 Å². The van der Waals surface area contributed by atoms with E-state index in [0.717, 1.165) is 18.4 Å². The highest BCUT2D eigenvalue weighted by Gasteiger charge is 2.29. The van der Waals surface area contributed by atoms with Gasteiger partial charge in [-0.1, -0.05) is 17.7 Å². The molecule has 3 aromatic rings. The summed E-state index contributed by atoms with van der Waals surface area (Å²) in [6, 6.07) is 8.50. The molecule has 1 fully saturated rings. The lowest BCUT2D eigenvalue weighted by molar-refractivity contribution is 0.335. The van der Waals surface area contributed by atoms with Crippen molar-refractivity contribution < 1.29 is 21.4 Å². The second-order valence-corrected chi connectivity index (χ2v) is 11.7. The monoisotopic (exact) mass is 478 g/mol. The minimum absolute atomic E-state index is 0.0548. The first-order chi connectivity index (χ1) is 15.1. The van der Waals surface area contributed by atoms with Crippen molar-refractivity contribution >= 4 is 37.0 Å². The van der Waals surface area contributed by atoms with Crippen LogP contribution in [0.3, 0.4) is 0 Å². The lowest BCUT2D eigenvalue weighted by Crippen LogP contribution is -2.37.